The lowest BCUT2D eigenvalue weighted by Gasteiger charge is -2.27. The number of carboxylic acids is 5. The third-order valence-corrected chi connectivity index (χ3v) is 15.4. The van der Waals surface area contributed by atoms with E-state index in [9.17, 15) is 39.3 Å². The first-order valence-corrected chi connectivity index (χ1v) is 27.0. The number of hydrogen-bond donors (Lipinski definition) is 6. The van der Waals surface area contributed by atoms with Gasteiger partial charge in [-0.1, -0.05) is 90.5 Å². The summed E-state index contributed by atoms with van der Waals surface area (Å²) < 4.78 is 9.72. The first-order chi connectivity index (χ1) is 39.7. The molecule has 6 aromatic rings. The van der Waals surface area contributed by atoms with Crippen LogP contribution in [0.2, 0.25) is 0 Å². The smallest absolute Gasteiger partial charge is 0.373 e. The van der Waals surface area contributed by atoms with E-state index in [0.717, 1.165) is 47.3 Å². The number of rotatable bonds is 20. The number of aryl methyl sites for hydroxylation is 2. The molecule has 6 aromatic carbocycles. The van der Waals surface area contributed by atoms with Crippen molar-refractivity contribution in [3.63, 3.8) is 0 Å². The molecule has 83 heavy (non-hydrogen) atoms. The minimum Gasteiger partial charge on any atom is -0.478 e. The Kier molecular flexibility index (Phi) is 41.0. The molecule has 0 aliphatic rings. The Morgan fingerprint density at radius 1 is 0.458 bits per heavy atom. The minimum atomic E-state index is -2.47. The molecule has 2 unspecified atom stereocenters. The van der Waals surface area contributed by atoms with E-state index in [2.05, 4.69) is 15.7 Å². The normalized spacial score (nSPS) is 9.94. The molecule has 0 saturated carbocycles. The van der Waals surface area contributed by atoms with Crippen LogP contribution in [0.5, 0.6) is 0 Å². The van der Waals surface area contributed by atoms with E-state index >= 15 is 0 Å². The number of carbonyl (C=O) groups excluding carboxylic acids is 12. The average molecular weight is 1200 g/mol. The summed E-state index contributed by atoms with van der Waals surface area (Å²) in [4.78, 5) is 154. The first kappa shape index (κ1) is 74.7. The topological polar surface area (TPSA) is 428 Å². The Balaban J connectivity index is 0. The van der Waals surface area contributed by atoms with Crippen molar-refractivity contribution in [1.82, 2.24) is 5.09 Å². The average Bonchev–Trinajstić information content (AvgIpc) is 3.55. The molecule has 0 bridgehead atoms. The van der Waals surface area contributed by atoms with Gasteiger partial charge in [0.2, 0.25) is 0 Å². The van der Waals surface area contributed by atoms with E-state index in [1.54, 1.807) is 91.0 Å². The Morgan fingerprint density at radius 3 is 1.23 bits per heavy atom. The van der Waals surface area contributed by atoms with Crippen LogP contribution in [0, 0.1) is 6.92 Å². The molecule has 6 N–H and O–H groups in total. The molecule has 0 aromatic heterocycles. The number of nitrogens with zero attached hydrogens (tertiary/aromatic N) is 2. The molecule has 0 aliphatic carbocycles. The standard InChI is InChI=1S/C33H33N2O6P.C16H15NO4P2.6CO2/c1-23-6-2-8-25(16-23)20-34-42(22-27-10-5-13-30(19-27)33(40)41,15-14-24-7-3-11-28(17-24)31(36)37)35-21-26-9-4-12-29(18-26)32(38)39;18-15(19)13-5-1-3-11(7-13)9-22-17-23-10-12-4-2-6-14(8-12)16(20)21;6*2-1-3/h2-13,16-19,35H,14-15,20-22H2,1H3,(H,36,37)(H,38,39)(H,40,41);1-8,22H,9-10H2,(H,18,19)(H,20,21);;;;;;. The van der Waals surface area contributed by atoms with Crippen LogP contribution in [0.3, 0.4) is 0 Å². The fourth-order valence-corrected chi connectivity index (χ4v) is 11.5. The van der Waals surface area contributed by atoms with Crippen molar-refractivity contribution in [2.45, 2.75) is 44.9 Å². The Morgan fingerprint density at radius 2 is 0.795 bits per heavy atom. The van der Waals surface area contributed by atoms with Crippen molar-refractivity contribution >= 4 is 91.1 Å². The molecule has 0 saturated heterocycles. The van der Waals surface area contributed by atoms with E-state index in [4.69, 9.17) is 72.5 Å². The Hall–Kier alpha value is -10.3. The summed E-state index contributed by atoms with van der Waals surface area (Å²) in [7, 11) is -1.24. The zero-order valence-corrected chi connectivity index (χ0v) is 46.1. The fraction of sp³-hybridized carbons (Fsp3) is 0.145. The van der Waals surface area contributed by atoms with Crippen molar-refractivity contribution in [3.05, 3.63) is 212 Å². The van der Waals surface area contributed by atoms with Gasteiger partial charge in [0.05, 0.1) is 34.4 Å². The van der Waals surface area contributed by atoms with Gasteiger partial charge < -0.3 is 25.5 Å². The van der Waals surface area contributed by atoms with Crippen molar-refractivity contribution in [2.24, 2.45) is 9.26 Å². The molecule has 28 heteroatoms. The van der Waals surface area contributed by atoms with Gasteiger partial charge in [-0.3, -0.25) is 9.83 Å². The second-order valence-corrected chi connectivity index (χ2v) is 20.7. The molecule has 0 amide bonds. The van der Waals surface area contributed by atoms with Crippen LogP contribution in [0.15, 0.2) is 155 Å². The largest absolute Gasteiger partial charge is 0.478 e. The molecule has 0 radical (unpaired) electrons. The van der Waals surface area contributed by atoms with Crippen LogP contribution in [0.25, 0.3) is 0 Å². The highest BCUT2D eigenvalue weighted by molar-refractivity contribution is 7.63. The molecule has 0 aliphatic heterocycles. The zero-order chi connectivity index (χ0) is 63.0. The van der Waals surface area contributed by atoms with Gasteiger partial charge in [0.15, 0.2) is 0 Å². The predicted molar refractivity (Wildman–Crippen MR) is 285 cm³/mol. The van der Waals surface area contributed by atoms with Gasteiger partial charge in [-0.05, 0) is 114 Å². The van der Waals surface area contributed by atoms with Crippen molar-refractivity contribution in [2.75, 3.05) is 6.16 Å². The lowest BCUT2D eigenvalue weighted by molar-refractivity contribution is -0.193. The van der Waals surface area contributed by atoms with Gasteiger partial charge in [-0.2, -0.15) is 57.5 Å². The highest BCUT2D eigenvalue weighted by atomic mass is 31.2. The molecule has 2 atom stereocenters. The molecular formula is C55H48N3O22P3. The molecule has 0 heterocycles. The number of aromatic carboxylic acids is 5. The number of benzene rings is 6. The summed E-state index contributed by atoms with van der Waals surface area (Å²) in [5.41, 5.74) is 7.68. The van der Waals surface area contributed by atoms with Gasteiger partial charge in [0.1, 0.15) is 0 Å². The lowest BCUT2D eigenvalue weighted by atomic mass is 10.1. The minimum absolute atomic E-state index is 0.188. The van der Waals surface area contributed by atoms with Crippen LogP contribution in [0.4, 0.5) is 0 Å². The number of nitrogens with one attached hydrogen (secondary N) is 1. The molecule has 25 nitrogen and oxygen atoms in total. The molecule has 0 fully saturated rings. The van der Waals surface area contributed by atoms with E-state index in [1.165, 1.54) is 0 Å². The van der Waals surface area contributed by atoms with E-state index in [-0.39, 0.29) is 64.7 Å². The zero-order valence-electron chi connectivity index (χ0n) is 43.3. The lowest BCUT2D eigenvalue weighted by Crippen LogP contribution is -2.17. The van der Waals surface area contributed by atoms with E-state index in [1.807, 2.05) is 55.5 Å². The molecule has 430 valence electrons. The molecule has 0 spiro atoms. The van der Waals surface area contributed by atoms with Gasteiger partial charge in [-0.15, -0.1) is 0 Å². The summed E-state index contributed by atoms with van der Waals surface area (Å²) in [6, 6.07) is 42.2. The van der Waals surface area contributed by atoms with Crippen molar-refractivity contribution < 1.29 is 107 Å². The van der Waals surface area contributed by atoms with E-state index in [0.29, 0.717) is 52.9 Å². The molecule has 6 rings (SSSR count). The Labute approximate surface area is 474 Å². The number of hydrogen-bond acceptors (Lipinski definition) is 19. The summed E-state index contributed by atoms with van der Waals surface area (Å²) >= 11 is 0. The van der Waals surface area contributed by atoms with E-state index < -0.39 is 37.1 Å². The SMILES string of the molecule is Cc1cccc(CN=P(CCc2cccc(C(=O)O)c2)(Cc2cccc(C(=O)O)c2)NCc2cccc(C(=O)O)c2)c1.O=C(O)c1cccc(CP=NPCc2cccc(C(=O)O)c2)c1.O=C=O.O=C=O.O=C=O.O=C=O.O=C=O.O=C=O. The quantitative estimate of drug-likeness (QED) is 0.0395. The first-order valence-electron chi connectivity index (χ1n) is 22.7. The summed E-state index contributed by atoms with van der Waals surface area (Å²) in [5, 5.41) is 50.2. The highest BCUT2D eigenvalue weighted by Crippen LogP contribution is 2.50. The van der Waals surface area contributed by atoms with Crippen LogP contribution < -0.4 is 5.09 Å². The van der Waals surface area contributed by atoms with Crippen molar-refractivity contribution in [3.8, 4) is 0 Å². The fourth-order valence-electron chi connectivity index (χ4n) is 6.65. The third kappa shape index (κ3) is 34.3. The van der Waals surface area contributed by atoms with Crippen LogP contribution in [0.1, 0.15) is 90.7 Å². The summed E-state index contributed by atoms with van der Waals surface area (Å²) in [5.74, 6) is -4.87. The van der Waals surface area contributed by atoms with Gasteiger partial charge >= 0.3 is 66.8 Å². The number of carbonyl (C=O) groups is 5. The third-order valence-electron chi connectivity index (χ3n) is 9.95. The summed E-state index contributed by atoms with van der Waals surface area (Å²) in [6.07, 6.45) is 4.48. The maximum atomic E-state index is 11.7. The Bertz CT molecular complexity index is 3230. The maximum Gasteiger partial charge on any atom is 0.373 e. The van der Waals surface area contributed by atoms with Crippen LogP contribution in [-0.2, 0) is 95.5 Å². The van der Waals surface area contributed by atoms with Gasteiger partial charge in [0, 0.05) is 49.3 Å². The maximum absolute atomic E-state index is 11.7. The van der Waals surface area contributed by atoms with Gasteiger partial charge in [0.25, 0.3) is 0 Å². The second kappa shape index (κ2) is 45.5. The van der Waals surface area contributed by atoms with Gasteiger partial charge in [-0.25, -0.2) is 28.5 Å². The second-order valence-electron chi connectivity index (χ2n) is 15.4. The van der Waals surface area contributed by atoms with Crippen molar-refractivity contribution in [1.29, 1.82) is 0 Å². The van der Waals surface area contributed by atoms with Crippen LogP contribution >= 0.6 is 24.3 Å². The predicted octanol–water partition coefficient (Wildman–Crippen LogP) is 7.94. The summed E-state index contributed by atoms with van der Waals surface area (Å²) in [6.45, 7) is 2.82. The molecular weight excluding hydrogens is 1150 g/mol. The monoisotopic (exact) mass is 1200 g/mol. The van der Waals surface area contributed by atoms with Crippen LogP contribution in [-0.4, -0.2) is 98.5 Å². The highest BCUT2D eigenvalue weighted by Gasteiger charge is 2.22. The number of carboxylic acid groups (broad SMARTS) is 5.